The Balaban J connectivity index is 2.10. The second-order valence-electron chi connectivity index (χ2n) is 4.38. The van der Waals surface area contributed by atoms with Gasteiger partial charge in [0.05, 0.1) is 12.2 Å². The Morgan fingerprint density at radius 1 is 1.32 bits per heavy atom. The van der Waals surface area contributed by atoms with E-state index in [0.717, 1.165) is 5.69 Å². The Hall–Kier alpha value is -2.43. The van der Waals surface area contributed by atoms with Gasteiger partial charge < -0.3 is 9.67 Å². The fourth-order valence-electron chi connectivity index (χ4n) is 1.71. The van der Waals surface area contributed by atoms with Crippen LogP contribution in [0.5, 0.6) is 0 Å². The van der Waals surface area contributed by atoms with Gasteiger partial charge in [-0.1, -0.05) is 6.92 Å². The van der Waals surface area contributed by atoms with Crippen LogP contribution >= 0.6 is 0 Å². The number of carboxylic acids is 1. The number of Topliss-reactive ketones (excluding diaryl/α,β-unsaturated/α-hetero) is 1. The van der Waals surface area contributed by atoms with E-state index < -0.39 is 11.9 Å². The van der Waals surface area contributed by atoms with Gasteiger partial charge in [-0.3, -0.25) is 9.59 Å². The number of nitrogens with zero attached hydrogens (tertiary/aromatic N) is 2. The minimum Gasteiger partial charge on any atom is -0.481 e. The van der Waals surface area contributed by atoms with Crippen LogP contribution in [0.15, 0.2) is 43.0 Å². The van der Waals surface area contributed by atoms with E-state index >= 15 is 0 Å². The van der Waals surface area contributed by atoms with Crippen LogP contribution in [0.25, 0.3) is 5.69 Å². The van der Waals surface area contributed by atoms with Gasteiger partial charge in [0.25, 0.3) is 0 Å². The second-order valence-corrected chi connectivity index (χ2v) is 4.38. The van der Waals surface area contributed by atoms with Gasteiger partial charge in [0, 0.05) is 30.1 Å². The molecule has 98 valence electrons. The highest BCUT2D eigenvalue weighted by molar-refractivity contribution is 5.98. The Kier molecular flexibility index (Phi) is 3.75. The molecule has 5 heteroatoms. The van der Waals surface area contributed by atoms with E-state index in [1.165, 1.54) is 6.92 Å². The number of imidazole rings is 1. The van der Waals surface area contributed by atoms with Crippen molar-refractivity contribution >= 4 is 11.8 Å². The number of rotatable bonds is 5. The Morgan fingerprint density at radius 3 is 2.53 bits per heavy atom. The molecule has 0 radical (unpaired) electrons. The lowest BCUT2D eigenvalue weighted by Crippen LogP contribution is -2.14. The Bertz CT molecular complexity index is 573. The van der Waals surface area contributed by atoms with Crippen molar-refractivity contribution in [3.63, 3.8) is 0 Å². The van der Waals surface area contributed by atoms with Crippen LogP contribution in [0.1, 0.15) is 23.7 Å². The SMILES string of the molecule is CC(CC(=O)c1ccc(-n2ccnc2)cc1)C(=O)O. The molecule has 0 amide bonds. The molecular weight excluding hydrogens is 244 g/mol. The number of aromatic nitrogens is 2. The van der Waals surface area contributed by atoms with Gasteiger partial charge in [0.2, 0.25) is 0 Å². The predicted octanol–water partition coefficient (Wildman–Crippen LogP) is 2.17. The van der Waals surface area contributed by atoms with Gasteiger partial charge in [-0.25, -0.2) is 4.98 Å². The molecule has 1 N–H and O–H groups in total. The molecule has 5 nitrogen and oxygen atoms in total. The Morgan fingerprint density at radius 2 is 2.00 bits per heavy atom. The zero-order chi connectivity index (χ0) is 13.8. The number of carboxylic acid groups (broad SMARTS) is 1. The summed E-state index contributed by atoms with van der Waals surface area (Å²) in [5.41, 5.74) is 1.43. The van der Waals surface area contributed by atoms with Crippen molar-refractivity contribution in [3.05, 3.63) is 48.5 Å². The summed E-state index contributed by atoms with van der Waals surface area (Å²) in [6, 6.07) is 7.01. The number of ketones is 1. The van der Waals surface area contributed by atoms with Crippen molar-refractivity contribution in [1.29, 1.82) is 0 Å². The fourth-order valence-corrected chi connectivity index (χ4v) is 1.71. The summed E-state index contributed by atoms with van der Waals surface area (Å²) in [6.07, 6.45) is 5.17. The average molecular weight is 258 g/mol. The molecule has 0 aliphatic rings. The van der Waals surface area contributed by atoms with E-state index in [0.29, 0.717) is 5.56 Å². The Labute approximate surface area is 110 Å². The first kappa shape index (κ1) is 13.0. The molecule has 2 rings (SSSR count). The molecule has 0 spiro atoms. The lowest BCUT2D eigenvalue weighted by molar-refractivity contribution is -0.141. The third kappa shape index (κ3) is 3.07. The van der Waals surface area contributed by atoms with Crippen molar-refractivity contribution in [1.82, 2.24) is 9.55 Å². The van der Waals surface area contributed by atoms with Crippen LogP contribution in [0.3, 0.4) is 0 Å². The van der Waals surface area contributed by atoms with Gasteiger partial charge >= 0.3 is 5.97 Å². The van der Waals surface area contributed by atoms with Gasteiger partial charge in [-0.05, 0) is 24.3 Å². The number of aliphatic carboxylic acids is 1. The highest BCUT2D eigenvalue weighted by atomic mass is 16.4. The predicted molar refractivity (Wildman–Crippen MR) is 69.3 cm³/mol. The monoisotopic (exact) mass is 258 g/mol. The number of hydrogen-bond acceptors (Lipinski definition) is 3. The van der Waals surface area contributed by atoms with Gasteiger partial charge in [-0.2, -0.15) is 0 Å². The minimum atomic E-state index is -0.955. The molecule has 0 saturated heterocycles. The molecule has 1 unspecified atom stereocenters. The topological polar surface area (TPSA) is 72.2 Å². The van der Waals surface area contributed by atoms with Gasteiger partial charge in [0.1, 0.15) is 0 Å². The maximum atomic E-state index is 11.9. The summed E-state index contributed by atoms with van der Waals surface area (Å²) in [5.74, 6) is -1.78. The lowest BCUT2D eigenvalue weighted by Gasteiger charge is -2.06. The maximum absolute atomic E-state index is 11.9. The fraction of sp³-hybridized carbons (Fsp3) is 0.214. The van der Waals surface area contributed by atoms with Crippen LogP contribution in [-0.4, -0.2) is 26.4 Å². The highest BCUT2D eigenvalue weighted by Gasteiger charge is 2.16. The van der Waals surface area contributed by atoms with Crippen LogP contribution in [0.2, 0.25) is 0 Å². The van der Waals surface area contributed by atoms with Crippen molar-refractivity contribution in [3.8, 4) is 5.69 Å². The van der Waals surface area contributed by atoms with Crippen molar-refractivity contribution in [2.75, 3.05) is 0 Å². The molecule has 1 aromatic heterocycles. The summed E-state index contributed by atoms with van der Waals surface area (Å²) < 4.78 is 1.83. The molecule has 19 heavy (non-hydrogen) atoms. The molecule has 1 aromatic carbocycles. The van der Waals surface area contributed by atoms with Crippen molar-refractivity contribution < 1.29 is 14.7 Å². The first-order valence-electron chi connectivity index (χ1n) is 5.92. The molecule has 0 fully saturated rings. The maximum Gasteiger partial charge on any atom is 0.306 e. The number of benzene rings is 1. The van der Waals surface area contributed by atoms with Crippen molar-refractivity contribution in [2.24, 2.45) is 5.92 Å². The van der Waals surface area contributed by atoms with Gasteiger partial charge in [-0.15, -0.1) is 0 Å². The van der Waals surface area contributed by atoms with E-state index in [9.17, 15) is 9.59 Å². The third-order valence-corrected chi connectivity index (χ3v) is 2.90. The molecule has 1 atom stereocenters. The molecule has 0 saturated carbocycles. The van der Waals surface area contributed by atoms with E-state index in [1.54, 1.807) is 36.8 Å². The van der Waals surface area contributed by atoms with E-state index in [-0.39, 0.29) is 12.2 Å². The largest absolute Gasteiger partial charge is 0.481 e. The quantitative estimate of drug-likeness (QED) is 0.834. The normalized spacial score (nSPS) is 12.1. The highest BCUT2D eigenvalue weighted by Crippen LogP contribution is 2.13. The summed E-state index contributed by atoms with van der Waals surface area (Å²) in [5, 5.41) is 8.78. The molecule has 2 aromatic rings. The number of carbonyl (C=O) groups excluding carboxylic acids is 1. The van der Waals surface area contributed by atoms with Crippen LogP contribution < -0.4 is 0 Å². The number of hydrogen-bond donors (Lipinski definition) is 1. The zero-order valence-electron chi connectivity index (χ0n) is 10.5. The number of carbonyl (C=O) groups is 2. The summed E-state index contributed by atoms with van der Waals surface area (Å²) in [7, 11) is 0. The first-order chi connectivity index (χ1) is 9.08. The standard InChI is InChI=1S/C14H14N2O3/c1-10(14(18)19)8-13(17)11-2-4-12(5-3-11)16-7-6-15-9-16/h2-7,9-10H,8H2,1H3,(H,18,19). The molecule has 0 bridgehead atoms. The molecule has 0 aliphatic heterocycles. The van der Waals surface area contributed by atoms with Crippen molar-refractivity contribution in [2.45, 2.75) is 13.3 Å². The smallest absolute Gasteiger partial charge is 0.306 e. The minimum absolute atomic E-state index is 0.0136. The van der Waals surface area contributed by atoms with E-state index in [4.69, 9.17) is 5.11 Å². The van der Waals surface area contributed by atoms with E-state index in [1.807, 2.05) is 10.8 Å². The van der Waals surface area contributed by atoms with Gasteiger partial charge in [0.15, 0.2) is 5.78 Å². The molecular formula is C14H14N2O3. The average Bonchev–Trinajstić information content (AvgIpc) is 2.92. The molecule has 1 heterocycles. The second kappa shape index (κ2) is 5.48. The summed E-state index contributed by atoms with van der Waals surface area (Å²) in [6.45, 7) is 1.53. The molecule has 0 aliphatic carbocycles. The summed E-state index contributed by atoms with van der Waals surface area (Å²) in [4.78, 5) is 26.5. The van der Waals surface area contributed by atoms with Crippen LogP contribution in [0.4, 0.5) is 0 Å². The van der Waals surface area contributed by atoms with Crippen LogP contribution in [0, 0.1) is 5.92 Å². The lowest BCUT2D eigenvalue weighted by atomic mass is 10.00. The van der Waals surface area contributed by atoms with E-state index in [2.05, 4.69) is 4.98 Å². The summed E-state index contributed by atoms with van der Waals surface area (Å²) >= 11 is 0. The van der Waals surface area contributed by atoms with Crippen LogP contribution in [-0.2, 0) is 4.79 Å². The third-order valence-electron chi connectivity index (χ3n) is 2.90. The zero-order valence-corrected chi connectivity index (χ0v) is 10.5. The first-order valence-corrected chi connectivity index (χ1v) is 5.92.